The Hall–Kier alpha value is -1.44. The van der Waals surface area contributed by atoms with Gasteiger partial charge in [-0.1, -0.05) is 6.92 Å². The zero-order chi connectivity index (χ0) is 14.8. The number of hydrogen-bond acceptors (Lipinski definition) is 5. The summed E-state index contributed by atoms with van der Waals surface area (Å²) >= 11 is 1.58. The van der Waals surface area contributed by atoms with Gasteiger partial charge in [0.05, 0.1) is 6.04 Å². The summed E-state index contributed by atoms with van der Waals surface area (Å²) in [4.78, 5) is 16.9. The topological polar surface area (TPSA) is 82.7 Å². The summed E-state index contributed by atoms with van der Waals surface area (Å²) in [5.41, 5.74) is 3.55. The fourth-order valence-electron chi connectivity index (χ4n) is 2.51. The van der Waals surface area contributed by atoms with Crippen molar-refractivity contribution < 1.29 is 4.79 Å². The molecule has 3 rings (SSSR count). The average Bonchev–Trinajstić information content (AvgIpc) is 3.10. The predicted molar refractivity (Wildman–Crippen MR) is 88.6 cm³/mol. The Morgan fingerprint density at radius 3 is 3.05 bits per heavy atom. The first-order chi connectivity index (χ1) is 10.2. The van der Waals surface area contributed by atoms with E-state index in [0.717, 1.165) is 41.3 Å². The molecule has 1 aliphatic rings. The smallest absolute Gasteiger partial charge is 0.272 e. The van der Waals surface area contributed by atoms with Crippen molar-refractivity contribution in [2.24, 2.45) is 0 Å². The molecule has 8 heteroatoms. The Morgan fingerprint density at radius 2 is 2.36 bits per heavy atom. The normalized spacial score (nSPS) is 14.8. The molecule has 0 fully saturated rings. The van der Waals surface area contributed by atoms with Gasteiger partial charge in [-0.3, -0.25) is 9.89 Å². The van der Waals surface area contributed by atoms with Crippen molar-refractivity contribution in [3.05, 3.63) is 33.0 Å². The van der Waals surface area contributed by atoms with Crippen molar-refractivity contribution in [1.82, 2.24) is 25.8 Å². The minimum atomic E-state index is -0.129. The molecule has 1 aliphatic heterocycles. The maximum atomic E-state index is 12.5. The monoisotopic (exact) mass is 341 g/mol. The van der Waals surface area contributed by atoms with E-state index < -0.39 is 0 Å². The van der Waals surface area contributed by atoms with Gasteiger partial charge in [0.25, 0.3) is 5.91 Å². The lowest BCUT2D eigenvalue weighted by atomic mass is 10.1. The molecule has 0 bridgehead atoms. The second-order valence-corrected chi connectivity index (χ2v) is 6.11. The molecular formula is C14H20ClN5OS. The zero-order valence-corrected chi connectivity index (χ0v) is 14.2. The summed E-state index contributed by atoms with van der Waals surface area (Å²) in [6, 6.07) is -0.0555. The maximum Gasteiger partial charge on any atom is 0.272 e. The number of amides is 1. The van der Waals surface area contributed by atoms with Gasteiger partial charge in [-0.25, -0.2) is 4.98 Å². The number of H-pyrrole nitrogens is 1. The van der Waals surface area contributed by atoms with Crippen LogP contribution in [-0.4, -0.2) is 27.6 Å². The third kappa shape index (κ3) is 3.31. The molecule has 0 aliphatic carbocycles. The lowest BCUT2D eigenvalue weighted by molar-refractivity contribution is 0.0929. The van der Waals surface area contributed by atoms with Crippen molar-refractivity contribution in [2.75, 3.05) is 6.54 Å². The molecule has 2 aromatic heterocycles. The lowest BCUT2D eigenvalue weighted by Gasteiger charge is -2.16. The van der Waals surface area contributed by atoms with E-state index >= 15 is 0 Å². The Morgan fingerprint density at radius 1 is 1.55 bits per heavy atom. The standard InChI is InChI=1S/C14H19N5OS.ClH/c1-3-10(14-16-8(2)7-21-14)17-13(20)12-9-6-15-5-4-11(9)18-19-12;/h7,10,15H,3-6H2,1-2H3,(H,17,20)(H,18,19);1H. The molecule has 3 N–H and O–H groups in total. The molecule has 0 saturated carbocycles. The van der Waals surface area contributed by atoms with E-state index in [9.17, 15) is 4.79 Å². The van der Waals surface area contributed by atoms with E-state index in [2.05, 4.69) is 25.8 Å². The largest absolute Gasteiger partial charge is 0.341 e. The molecule has 120 valence electrons. The van der Waals surface area contributed by atoms with Crippen LogP contribution in [0.5, 0.6) is 0 Å². The summed E-state index contributed by atoms with van der Waals surface area (Å²) in [6.07, 6.45) is 1.70. The number of halogens is 1. The average molecular weight is 342 g/mol. The molecule has 0 saturated heterocycles. The number of aryl methyl sites for hydroxylation is 1. The molecule has 1 amide bonds. The van der Waals surface area contributed by atoms with Gasteiger partial charge < -0.3 is 10.6 Å². The highest BCUT2D eigenvalue weighted by atomic mass is 35.5. The number of fused-ring (bicyclic) bond motifs is 1. The van der Waals surface area contributed by atoms with Crippen LogP contribution >= 0.6 is 23.7 Å². The molecule has 0 radical (unpaired) electrons. The van der Waals surface area contributed by atoms with Crippen LogP contribution in [-0.2, 0) is 13.0 Å². The lowest BCUT2D eigenvalue weighted by Crippen LogP contribution is -2.31. The first-order valence-corrected chi connectivity index (χ1v) is 8.06. The van der Waals surface area contributed by atoms with Crippen LogP contribution in [0.2, 0.25) is 0 Å². The molecule has 2 aromatic rings. The molecule has 0 aromatic carbocycles. The van der Waals surface area contributed by atoms with Crippen LogP contribution in [0, 0.1) is 6.92 Å². The van der Waals surface area contributed by atoms with Crippen molar-refractivity contribution in [3.8, 4) is 0 Å². The van der Waals surface area contributed by atoms with Crippen LogP contribution in [0.15, 0.2) is 5.38 Å². The molecule has 1 unspecified atom stereocenters. The second kappa shape index (κ2) is 7.21. The van der Waals surface area contributed by atoms with Gasteiger partial charge in [-0.15, -0.1) is 23.7 Å². The SMILES string of the molecule is CCC(NC(=O)c1n[nH]c2c1CNCC2)c1nc(C)cs1.Cl. The Balaban J connectivity index is 0.00000176. The van der Waals surface area contributed by atoms with Gasteiger partial charge in [0, 0.05) is 41.8 Å². The van der Waals surface area contributed by atoms with E-state index in [0.29, 0.717) is 12.2 Å². The van der Waals surface area contributed by atoms with E-state index in [1.807, 2.05) is 19.2 Å². The summed E-state index contributed by atoms with van der Waals surface area (Å²) in [7, 11) is 0. The van der Waals surface area contributed by atoms with Crippen LogP contribution < -0.4 is 10.6 Å². The molecule has 1 atom stereocenters. The van der Waals surface area contributed by atoms with Crippen molar-refractivity contribution >= 4 is 29.7 Å². The van der Waals surface area contributed by atoms with Gasteiger partial charge in [-0.2, -0.15) is 5.10 Å². The van der Waals surface area contributed by atoms with Crippen molar-refractivity contribution in [1.29, 1.82) is 0 Å². The summed E-state index contributed by atoms with van der Waals surface area (Å²) in [5.74, 6) is -0.129. The molecule has 6 nitrogen and oxygen atoms in total. The molecule has 0 spiro atoms. The maximum absolute atomic E-state index is 12.5. The van der Waals surface area contributed by atoms with Gasteiger partial charge in [-0.05, 0) is 13.3 Å². The number of aromatic amines is 1. The number of carbonyl (C=O) groups excluding carboxylic acids is 1. The van der Waals surface area contributed by atoms with E-state index in [4.69, 9.17) is 0 Å². The van der Waals surface area contributed by atoms with Crippen LogP contribution in [0.25, 0.3) is 0 Å². The minimum absolute atomic E-state index is 0. The van der Waals surface area contributed by atoms with Crippen molar-refractivity contribution in [2.45, 2.75) is 39.3 Å². The molecule has 3 heterocycles. The molecule has 22 heavy (non-hydrogen) atoms. The second-order valence-electron chi connectivity index (χ2n) is 5.22. The van der Waals surface area contributed by atoms with Crippen LogP contribution in [0.1, 0.15) is 51.8 Å². The number of thiazole rings is 1. The predicted octanol–water partition coefficient (Wildman–Crippen LogP) is 2.12. The third-order valence-corrected chi connectivity index (χ3v) is 4.75. The summed E-state index contributed by atoms with van der Waals surface area (Å²) in [6.45, 7) is 5.63. The van der Waals surface area contributed by atoms with Gasteiger partial charge >= 0.3 is 0 Å². The molecular weight excluding hydrogens is 322 g/mol. The Kier molecular flexibility index (Phi) is 5.55. The third-order valence-electron chi connectivity index (χ3n) is 3.67. The first-order valence-electron chi connectivity index (χ1n) is 7.18. The van der Waals surface area contributed by atoms with Gasteiger partial charge in [0.15, 0.2) is 5.69 Å². The fraction of sp³-hybridized carbons (Fsp3) is 0.500. The number of nitrogens with zero attached hydrogens (tertiary/aromatic N) is 2. The van der Waals surface area contributed by atoms with Crippen molar-refractivity contribution in [3.63, 3.8) is 0 Å². The highest BCUT2D eigenvalue weighted by Crippen LogP contribution is 2.22. The van der Waals surface area contributed by atoms with Crippen LogP contribution in [0.3, 0.4) is 0 Å². The summed E-state index contributed by atoms with van der Waals surface area (Å²) < 4.78 is 0. The Bertz CT molecular complexity index is 653. The summed E-state index contributed by atoms with van der Waals surface area (Å²) in [5, 5.41) is 16.4. The zero-order valence-electron chi connectivity index (χ0n) is 12.6. The highest BCUT2D eigenvalue weighted by Gasteiger charge is 2.24. The van der Waals surface area contributed by atoms with Gasteiger partial charge in [0.2, 0.25) is 0 Å². The quantitative estimate of drug-likeness (QED) is 0.795. The highest BCUT2D eigenvalue weighted by molar-refractivity contribution is 7.09. The van der Waals surface area contributed by atoms with Crippen LogP contribution in [0.4, 0.5) is 0 Å². The van der Waals surface area contributed by atoms with E-state index in [1.54, 1.807) is 11.3 Å². The number of rotatable bonds is 4. The van der Waals surface area contributed by atoms with E-state index in [1.165, 1.54) is 0 Å². The number of nitrogens with one attached hydrogen (secondary N) is 3. The minimum Gasteiger partial charge on any atom is -0.341 e. The van der Waals surface area contributed by atoms with Gasteiger partial charge in [0.1, 0.15) is 5.01 Å². The Labute approximate surface area is 139 Å². The first kappa shape index (κ1) is 16.9. The number of hydrogen-bond donors (Lipinski definition) is 3. The van der Waals surface area contributed by atoms with E-state index in [-0.39, 0.29) is 24.4 Å². The number of aromatic nitrogens is 3. The number of carbonyl (C=O) groups is 1. The fourth-order valence-corrected chi connectivity index (χ4v) is 3.44.